The van der Waals surface area contributed by atoms with Crippen molar-refractivity contribution in [2.45, 2.75) is 0 Å². The number of nitrogens with zero attached hydrogens (tertiary/aromatic N) is 5. The summed E-state index contributed by atoms with van der Waals surface area (Å²) in [5.74, 6) is 6.32. The van der Waals surface area contributed by atoms with Crippen LogP contribution < -0.4 is 11.2 Å². The Bertz CT molecular complexity index is 890. The van der Waals surface area contributed by atoms with E-state index >= 15 is 0 Å². The van der Waals surface area contributed by atoms with E-state index < -0.39 is 0 Å². The molecule has 0 aromatic carbocycles. The number of anilines is 2. The summed E-state index contributed by atoms with van der Waals surface area (Å²) in [6, 6.07) is 3.98. The van der Waals surface area contributed by atoms with Crippen LogP contribution in [-0.2, 0) is 0 Å². The van der Waals surface area contributed by atoms with Crippen LogP contribution in [-0.4, -0.2) is 24.3 Å². The molecule has 0 amide bonds. The summed E-state index contributed by atoms with van der Waals surface area (Å²) in [6.07, 6.45) is 8.84. The van der Waals surface area contributed by atoms with Crippen molar-refractivity contribution in [2.24, 2.45) is 0 Å². The van der Waals surface area contributed by atoms with E-state index in [1.54, 1.807) is 36.1 Å². The molecule has 4 aromatic heterocycles. The summed E-state index contributed by atoms with van der Waals surface area (Å²) in [6.45, 7) is 0. The van der Waals surface area contributed by atoms with Crippen LogP contribution >= 0.6 is 11.3 Å². The fraction of sp³-hybridized carbons (Fsp3) is 0. The van der Waals surface area contributed by atoms with Crippen molar-refractivity contribution in [3.63, 3.8) is 0 Å². The molecule has 0 unspecified atom stereocenters. The van der Waals surface area contributed by atoms with E-state index in [0.29, 0.717) is 5.82 Å². The van der Waals surface area contributed by atoms with Gasteiger partial charge in [-0.3, -0.25) is 4.40 Å². The standard InChI is InChI=1S/C13H11N7S/c14-20-8-9(6-17-20)10-7-16-13-12(15-3-4-19(10)13)18-11-2-1-5-21-11/h1-8H,14H2,(H,15,18). The van der Waals surface area contributed by atoms with E-state index in [1.807, 2.05) is 28.1 Å². The topological polar surface area (TPSA) is 86.1 Å². The molecule has 4 heterocycles. The van der Waals surface area contributed by atoms with Gasteiger partial charge in [0.1, 0.15) is 0 Å². The highest BCUT2D eigenvalue weighted by Gasteiger charge is 2.11. The lowest BCUT2D eigenvalue weighted by Crippen LogP contribution is -2.07. The highest BCUT2D eigenvalue weighted by molar-refractivity contribution is 7.14. The predicted octanol–water partition coefficient (Wildman–Crippen LogP) is 2.11. The summed E-state index contributed by atoms with van der Waals surface area (Å²) in [4.78, 5) is 10.1. The molecule has 0 aliphatic carbocycles. The first-order valence-corrected chi connectivity index (χ1v) is 7.12. The highest BCUT2D eigenvalue weighted by Crippen LogP contribution is 2.26. The fourth-order valence-corrected chi connectivity index (χ4v) is 2.77. The Labute approximate surface area is 123 Å². The van der Waals surface area contributed by atoms with Crippen LogP contribution in [0.15, 0.2) is 48.5 Å². The number of thiophene rings is 1. The average molecular weight is 297 g/mol. The molecule has 3 N–H and O–H groups in total. The third-order valence-corrected chi connectivity index (χ3v) is 3.87. The molecule has 21 heavy (non-hydrogen) atoms. The van der Waals surface area contributed by atoms with Crippen LogP contribution in [0.3, 0.4) is 0 Å². The van der Waals surface area contributed by atoms with Crippen LogP contribution in [0, 0.1) is 0 Å². The lowest BCUT2D eigenvalue weighted by atomic mass is 10.3. The molecule has 0 saturated carbocycles. The van der Waals surface area contributed by atoms with E-state index in [4.69, 9.17) is 5.84 Å². The van der Waals surface area contributed by atoms with Crippen molar-refractivity contribution >= 4 is 27.8 Å². The lowest BCUT2D eigenvalue weighted by molar-refractivity contribution is 0.832. The minimum Gasteiger partial charge on any atom is -0.329 e. The van der Waals surface area contributed by atoms with E-state index in [2.05, 4.69) is 20.4 Å². The maximum absolute atomic E-state index is 5.60. The second kappa shape index (κ2) is 4.60. The van der Waals surface area contributed by atoms with Gasteiger partial charge in [-0.2, -0.15) is 9.89 Å². The van der Waals surface area contributed by atoms with Crippen LogP contribution in [0.5, 0.6) is 0 Å². The number of imidazole rings is 1. The monoisotopic (exact) mass is 297 g/mol. The first-order chi connectivity index (χ1) is 10.3. The zero-order chi connectivity index (χ0) is 14.2. The van der Waals surface area contributed by atoms with Crippen LogP contribution in [0.25, 0.3) is 16.9 Å². The Morgan fingerprint density at radius 1 is 1.24 bits per heavy atom. The predicted molar refractivity (Wildman–Crippen MR) is 82.0 cm³/mol. The SMILES string of the molecule is Nn1cc(-c2cnc3c(Nc4cccs4)nccn23)cn1. The molecule has 0 bridgehead atoms. The molecular weight excluding hydrogens is 286 g/mol. The molecule has 7 nitrogen and oxygen atoms in total. The van der Waals surface area contributed by atoms with Gasteiger partial charge >= 0.3 is 0 Å². The zero-order valence-corrected chi connectivity index (χ0v) is 11.7. The summed E-state index contributed by atoms with van der Waals surface area (Å²) in [5.41, 5.74) is 2.57. The third kappa shape index (κ3) is 2.01. The minimum absolute atomic E-state index is 0.714. The van der Waals surface area contributed by atoms with E-state index in [-0.39, 0.29) is 0 Å². The maximum Gasteiger partial charge on any atom is 0.180 e. The summed E-state index contributed by atoms with van der Waals surface area (Å²) < 4.78 is 1.96. The second-order valence-corrected chi connectivity index (χ2v) is 5.37. The van der Waals surface area contributed by atoms with Crippen LogP contribution in [0.2, 0.25) is 0 Å². The summed E-state index contributed by atoms with van der Waals surface area (Å²) in [5, 5.41) is 10.3. The Balaban J connectivity index is 1.82. The molecule has 0 saturated heterocycles. The molecule has 8 heteroatoms. The highest BCUT2D eigenvalue weighted by atomic mass is 32.1. The Morgan fingerprint density at radius 2 is 2.19 bits per heavy atom. The van der Waals surface area contributed by atoms with Crippen molar-refractivity contribution in [3.05, 3.63) is 48.5 Å². The quantitative estimate of drug-likeness (QED) is 0.566. The number of nitrogens with two attached hydrogens (primary N) is 1. The number of aromatic nitrogens is 5. The molecule has 0 radical (unpaired) electrons. The van der Waals surface area contributed by atoms with Gasteiger partial charge in [0.25, 0.3) is 0 Å². The maximum atomic E-state index is 5.60. The third-order valence-electron chi connectivity index (χ3n) is 3.09. The normalized spacial score (nSPS) is 11.0. The van der Waals surface area contributed by atoms with E-state index in [1.165, 1.54) is 4.79 Å². The van der Waals surface area contributed by atoms with Gasteiger partial charge in [-0.05, 0) is 17.5 Å². The second-order valence-electron chi connectivity index (χ2n) is 4.42. The number of fused-ring (bicyclic) bond motifs is 1. The smallest absolute Gasteiger partial charge is 0.180 e. The van der Waals surface area contributed by atoms with Crippen molar-refractivity contribution in [3.8, 4) is 11.3 Å². The van der Waals surface area contributed by atoms with Gasteiger partial charge < -0.3 is 11.2 Å². The largest absolute Gasteiger partial charge is 0.329 e. The number of hydrogen-bond acceptors (Lipinski definition) is 6. The Kier molecular flexibility index (Phi) is 2.61. The van der Waals surface area contributed by atoms with E-state index in [0.717, 1.165) is 21.9 Å². The molecule has 0 aliphatic rings. The Morgan fingerprint density at radius 3 is 2.95 bits per heavy atom. The van der Waals surface area contributed by atoms with Crippen LogP contribution in [0.4, 0.5) is 10.8 Å². The number of nitrogens with one attached hydrogen (secondary N) is 1. The van der Waals surface area contributed by atoms with Gasteiger partial charge in [0, 0.05) is 18.0 Å². The first kappa shape index (κ1) is 11.9. The molecule has 0 fully saturated rings. The van der Waals surface area contributed by atoms with Gasteiger partial charge in [-0.25, -0.2) is 9.97 Å². The molecular formula is C13H11N7S. The molecule has 0 spiro atoms. The molecule has 0 atom stereocenters. The zero-order valence-electron chi connectivity index (χ0n) is 10.8. The number of nitrogen functional groups attached to an aromatic ring is 1. The van der Waals surface area contributed by atoms with Gasteiger partial charge in [0.15, 0.2) is 11.5 Å². The Hall–Kier alpha value is -2.87. The fourth-order valence-electron chi connectivity index (χ4n) is 2.16. The minimum atomic E-state index is 0.714. The molecule has 104 valence electrons. The van der Waals surface area contributed by atoms with Crippen molar-refractivity contribution in [1.29, 1.82) is 0 Å². The summed E-state index contributed by atoms with van der Waals surface area (Å²) in [7, 11) is 0. The first-order valence-electron chi connectivity index (χ1n) is 6.24. The van der Waals surface area contributed by atoms with Gasteiger partial charge in [0.05, 0.1) is 29.3 Å². The molecule has 0 aliphatic heterocycles. The number of hydrogen-bond donors (Lipinski definition) is 2. The molecule has 4 aromatic rings. The number of rotatable bonds is 3. The van der Waals surface area contributed by atoms with Crippen molar-refractivity contribution < 1.29 is 0 Å². The van der Waals surface area contributed by atoms with Gasteiger partial charge in [-0.1, -0.05) is 0 Å². The molecule has 4 rings (SSSR count). The van der Waals surface area contributed by atoms with E-state index in [9.17, 15) is 0 Å². The van der Waals surface area contributed by atoms with Gasteiger partial charge in [-0.15, -0.1) is 11.3 Å². The van der Waals surface area contributed by atoms with Crippen molar-refractivity contribution in [2.75, 3.05) is 11.2 Å². The lowest BCUT2D eigenvalue weighted by Gasteiger charge is -2.05. The van der Waals surface area contributed by atoms with Crippen LogP contribution in [0.1, 0.15) is 0 Å². The van der Waals surface area contributed by atoms with Crippen molar-refractivity contribution in [1.82, 2.24) is 24.3 Å². The average Bonchev–Trinajstić information content (AvgIpc) is 3.18. The summed E-state index contributed by atoms with van der Waals surface area (Å²) >= 11 is 1.61. The van der Waals surface area contributed by atoms with Gasteiger partial charge in [0.2, 0.25) is 0 Å².